The van der Waals surface area contributed by atoms with Crippen LogP contribution in [0.4, 0.5) is 5.69 Å². The number of rotatable bonds is 3. The van der Waals surface area contributed by atoms with Gasteiger partial charge in [0.1, 0.15) is 5.92 Å². The van der Waals surface area contributed by atoms with Crippen molar-refractivity contribution in [2.45, 2.75) is 27.7 Å². The van der Waals surface area contributed by atoms with E-state index in [1.165, 1.54) is 0 Å². The Hall–Kier alpha value is -1.34. The predicted octanol–water partition coefficient (Wildman–Crippen LogP) is 3.80. The van der Waals surface area contributed by atoms with E-state index in [-0.39, 0.29) is 11.8 Å². The molecule has 4 heteroatoms. The van der Waals surface area contributed by atoms with Gasteiger partial charge in [-0.3, -0.25) is 4.79 Å². The minimum atomic E-state index is -0.618. The number of nitrogens with zero attached hydrogens (tertiary/aromatic N) is 1. The Morgan fingerprint density at radius 1 is 1.33 bits per heavy atom. The molecule has 0 fully saturated rings. The summed E-state index contributed by atoms with van der Waals surface area (Å²) in [6, 6.07) is 5.94. The third-order valence-corrected chi connectivity index (χ3v) is 3.29. The standard InChI is InChI=1S/C14H17BrN2O/c1-8(2)12(7-16)14(18)17-13-9(3)5-11(15)6-10(13)4/h5-6,8,12H,1-4H3,(H,17,18). The molecule has 96 valence electrons. The van der Waals surface area contributed by atoms with Crippen molar-refractivity contribution in [2.24, 2.45) is 11.8 Å². The minimum Gasteiger partial charge on any atom is -0.324 e. The first-order valence-corrected chi connectivity index (χ1v) is 6.63. The van der Waals surface area contributed by atoms with E-state index < -0.39 is 5.92 Å². The average molecular weight is 309 g/mol. The third-order valence-electron chi connectivity index (χ3n) is 2.83. The second-order valence-electron chi connectivity index (χ2n) is 4.75. The van der Waals surface area contributed by atoms with Gasteiger partial charge in [-0.15, -0.1) is 0 Å². The number of nitrogens with one attached hydrogen (secondary N) is 1. The van der Waals surface area contributed by atoms with Crippen molar-refractivity contribution in [2.75, 3.05) is 5.32 Å². The van der Waals surface area contributed by atoms with Crippen LogP contribution >= 0.6 is 15.9 Å². The molecule has 0 bridgehead atoms. The van der Waals surface area contributed by atoms with Gasteiger partial charge in [0.25, 0.3) is 0 Å². The van der Waals surface area contributed by atoms with Crippen molar-refractivity contribution >= 4 is 27.5 Å². The Labute approximate surface area is 116 Å². The lowest BCUT2D eigenvalue weighted by Gasteiger charge is -2.16. The predicted molar refractivity (Wildman–Crippen MR) is 76.2 cm³/mol. The molecule has 3 nitrogen and oxygen atoms in total. The van der Waals surface area contributed by atoms with Crippen molar-refractivity contribution in [3.05, 3.63) is 27.7 Å². The van der Waals surface area contributed by atoms with Crippen molar-refractivity contribution < 1.29 is 4.79 Å². The molecular weight excluding hydrogens is 292 g/mol. The second-order valence-corrected chi connectivity index (χ2v) is 5.67. The van der Waals surface area contributed by atoms with Gasteiger partial charge in [-0.25, -0.2) is 0 Å². The molecule has 1 amide bonds. The number of hydrogen-bond donors (Lipinski definition) is 1. The number of hydrogen-bond acceptors (Lipinski definition) is 2. The fourth-order valence-electron chi connectivity index (χ4n) is 1.82. The van der Waals surface area contributed by atoms with Crippen molar-refractivity contribution in [1.29, 1.82) is 5.26 Å². The Morgan fingerprint density at radius 3 is 2.22 bits per heavy atom. The van der Waals surface area contributed by atoms with E-state index in [0.717, 1.165) is 21.3 Å². The van der Waals surface area contributed by atoms with E-state index in [0.29, 0.717) is 0 Å². The fraction of sp³-hybridized carbons (Fsp3) is 0.429. The highest BCUT2D eigenvalue weighted by Gasteiger charge is 2.22. The molecule has 1 atom stereocenters. The van der Waals surface area contributed by atoms with Crippen LogP contribution in [-0.4, -0.2) is 5.91 Å². The Balaban J connectivity index is 2.99. The highest BCUT2D eigenvalue weighted by molar-refractivity contribution is 9.10. The van der Waals surface area contributed by atoms with Gasteiger partial charge in [-0.2, -0.15) is 5.26 Å². The van der Waals surface area contributed by atoms with Crippen LogP contribution in [-0.2, 0) is 4.79 Å². The van der Waals surface area contributed by atoms with Gasteiger partial charge in [-0.1, -0.05) is 29.8 Å². The van der Waals surface area contributed by atoms with Crippen molar-refractivity contribution in [3.8, 4) is 6.07 Å². The smallest absolute Gasteiger partial charge is 0.242 e. The topological polar surface area (TPSA) is 52.9 Å². The molecule has 1 aromatic carbocycles. The Morgan fingerprint density at radius 2 is 1.83 bits per heavy atom. The van der Waals surface area contributed by atoms with Gasteiger partial charge in [0, 0.05) is 10.2 Å². The van der Waals surface area contributed by atoms with E-state index in [1.807, 2.05) is 39.8 Å². The summed E-state index contributed by atoms with van der Waals surface area (Å²) in [5.74, 6) is -0.848. The summed E-state index contributed by atoms with van der Waals surface area (Å²) in [5, 5.41) is 11.9. The summed E-state index contributed by atoms with van der Waals surface area (Å²) in [4.78, 5) is 12.0. The number of carbonyl (C=O) groups excluding carboxylic acids is 1. The number of carbonyl (C=O) groups is 1. The number of nitriles is 1. The monoisotopic (exact) mass is 308 g/mol. The molecule has 0 aliphatic rings. The normalized spacial score (nSPS) is 12.1. The third kappa shape index (κ3) is 3.33. The van der Waals surface area contributed by atoms with Gasteiger partial charge in [0.05, 0.1) is 6.07 Å². The van der Waals surface area contributed by atoms with Gasteiger partial charge < -0.3 is 5.32 Å². The molecule has 1 unspecified atom stereocenters. The van der Waals surface area contributed by atoms with E-state index in [9.17, 15) is 4.79 Å². The van der Waals surface area contributed by atoms with Crippen LogP contribution in [0.1, 0.15) is 25.0 Å². The zero-order valence-electron chi connectivity index (χ0n) is 11.0. The molecule has 1 aromatic rings. The summed E-state index contributed by atoms with van der Waals surface area (Å²) in [6.07, 6.45) is 0. The molecule has 18 heavy (non-hydrogen) atoms. The molecule has 0 saturated heterocycles. The van der Waals surface area contributed by atoms with Crippen LogP contribution in [0.2, 0.25) is 0 Å². The highest BCUT2D eigenvalue weighted by atomic mass is 79.9. The van der Waals surface area contributed by atoms with Crippen molar-refractivity contribution in [3.63, 3.8) is 0 Å². The molecule has 0 aliphatic heterocycles. The molecule has 0 spiro atoms. The Kier molecular flexibility index (Phi) is 4.92. The number of benzene rings is 1. The maximum Gasteiger partial charge on any atom is 0.242 e. The molecule has 0 radical (unpaired) electrons. The van der Waals surface area contributed by atoms with E-state index in [4.69, 9.17) is 5.26 Å². The van der Waals surface area contributed by atoms with E-state index in [2.05, 4.69) is 27.3 Å². The zero-order chi connectivity index (χ0) is 13.9. The largest absolute Gasteiger partial charge is 0.324 e. The number of halogens is 1. The van der Waals surface area contributed by atoms with Gasteiger partial charge >= 0.3 is 0 Å². The van der Waals surface area contributed by atoms with Crippen LogP contribution in [0.25, 0.3) is 0 Å². The summed E-state index contributed by atoms with van der Waals surface area (Å²) in [7, 11) is 0. The lowest BCUT2D eigenvalue weighted by atomic mass is 9.96. The first-order valence-electron chi connectivity index (χ1n) is 5.84. The molecular formula is C14H17BrN2O. The first-order chi connectivity index (χ1) is 8.36. The van der Waals surface area contributed by atoms with E-state index >= 15 is 0 Å². The average Bonchev–Trinajstić information content (AvgIpc) is 2.23. The number of aryl methyl sites for hydroxylation is 2. The first kappa shape index (κ1) is 14.7. The minimum absolute atomic E-state index is 0.00561. The second kappa shape index (κ2) is 6.01. The van der Waals surface area contributed by atoms with Crippen LogP contribution in [0.5, 0.6) is 0 Å². The zero-order valence-corrected chi connectivity index (χ0v) is 12.6. The molecule has 0 heterocycles. The summed E-state index contributed by atoms with van der Waals surface area (Å²) >= 11 is 3.41. The molecule has 0 saturated carbocycles. The molecule has 0 aliphatic carbocycles. The van der Waals surface area contributed by atoms with E-state index in [1.54, 1.807) is 0 Å². The van der Waals surface area contributed by atoms with Crippen LogP contribution < -0.4 is 5.32 Å². The summed E-state index contributed by atoms with van der Waals surface area (Å²) in [6.45, 7) is 7.61. The SMILES string of the molecule is Cc1cc(Br)cc(C)c1NC(=O)C(C#N)C(C)C. The van der Waals surface area contributed by atoms with Crippen molar-refractivity contribution in [1.82, 2.24) is 0 Å². The number of anilines is 1. The highest BCUT2D eigenvalue weighted by Crippen LogP contribution is 2.26. The Bertz CT molecular complexity index is 480. The summed E-state index contributed by atoms with van der Waals surface area (Å²) in [5.41, 5.74) is 2.76. The quantitative estimate of drug-likeness (QED) is 0.923. The summed E-state index contributed by atoms with van der Waals surface area (Å²) < 4.78 is 0.983. The van der Waals surface area contributed by atoms with Gasteiger partial charge in [0.2, 0.25) is 5.91 Å². The van der Waals surface area contributed by atoms with Crippen LogP contribution in [0.3, 0.4) is 0 Å². The molecule has 1 rings (SSSR count). The lowest BCUT2D eigenvalue weighted by Crippen LogP contribution is -2.26. The van der Waals surface area contributed by atoms with Gasteiger partial charge in [-0.05, 0) is 43.0 Å². The fourth-order valence-corrected chi connectivity index (χ4v) is 2.51. The van der Waals surface area contributed by atoms with Gasteiger partial charge in [0.15, 0.2) is 0 Å². The molecule has 1 N–H and O–H groups in total. The molecule has 0 aromatic heterocycles. The van der Waals surface area contributed by atoms with Crippen LogP contribution in [0.15, 0.2) is 16.6 Å². The van der Waals surface area contributed by atoms with Crippen LogP contribution in [0, 0.1) is 37.0 Å². The maximum absolute atomic E-state index is 12.0. The lowest BCUT2D eigenvalue weighted by molar-refractivity contribution is -0.119. The maximum atomic E-state index is 12.0. The number of amides is 1.